The van der Waals surface area contributed by atoms with Gasteiger partial charge in [-0.15, -0.1) is 0 Å². The molecule has 0 saturated carbocycles. The van der Waals surface area contributed by atoms with Crippen molar-refractivity contribution in [2.45, 2.75) is 37.6 Å². The third kappa shape index (κ3) is 4.53. The predicted molar refractivity (Wildman–Crippen MR) is 157 cm³/mol. The van der Waals surface area contributed by atoms with Gasteiger partial charge in [-0.2, -0.15) is 0 Å². The van der Waals surface area contributed by atoms with E-state index in [4.69, 9.17) is 23.2 Å². The number of piperidine rings is 1. The standard InChI is InChI=1S/C31H29Cl2FN4O3/c1-17-3-6-21(34)15-22(17)29-31(24-7-4-20(33)14-26(24)35-30(31)41)25(16-28(40)36-29)23-13-19(32)5-8-27(23)38-11-9-37(10-12-38)18(2)39/h3-8,13-15,25,29H,9-12,16H2,1-2H3,(H,35,41)(H,36,40)/t25-,29+,31-/m1/s1. The molecular weight excluding hydrogens is 566 g/mol. The highest BCUT2D eigenvalue weighted by molar-refractivity contribution is 6.31. The van der Waals surface area contributed by atoms with Crippen LogP contribution in [0.2, 0.25) is 10.0 Å². The molecule has 1 spiro atoms. The number of piperazine rings is 1. The quantitative estimate of drug-likeness (QED) is 0.428. The molecule has 0 unspecified atom stereocenters. The van der Waals surface area contributed by atoms with E-state index in [1.165, 1.54) is 12.1 Å². The maximum atomic E-state index is 14.7. The number of benzene rings is 3. The summed E-state index contributed by atoms with van der Waals surface area (Å²) >= 11 is 12.9. The van der Waals surface area contributed by atoms with Gasteiger partial charge in [0, 0.05) is 66.9 Å². The van der Waals surface area contributed by atoms with E-state index in [2.05, 4.69) is 15.5 Å². The van der Waals surface area contributed by atoms with E-state index in [1.807, 2.05) is 25.1 Å². The number of fused-ring (bicyclic) bond motifs is 2. The van der Waals surface area contributed by atoms with Gasteiger partial charge in [0.25, 0.3) is 0 Å². The highest BCUT2D eigenvalue weighted by Crippen LogP contribution is 2.59. The molecule has 6 rings (SSSR count). The molecule has 0 aromatic heterocycles. The van der Waals surface area contributed by atoms with Gasteiger partial charge in [0.15, 0.2) is 0 Å². The van der Waals surface area contributed by atoms with Crippen molar-refractivity contribution in [1.29, 1.82) is 0 Å². The Balaban J connectivity index is 1.58. The average molecular weight is 596 g/mol. The van der Waals surface area contributed by atoms with Crippen LogP contribution in [0, 0.1) is 12.7 Å². The van der Waals surface area contributed by atoms with Crippen molar-refractivity contribution in [3.05, 3.63) is 92.7 Å². The van der Waals surface area contributed by atoms with Gasteiger partial charge in [-0.3, -0.25) is 14.4 Å². The molecule has 10 heteroatoms. The van der Waals surface area contributed by atoms with Crippen LogP contribution in [-0.4, -0.2) is 48.8 Å². The molecule has 2 saturated heterocycles. The Kier molecular flexibility index (Phi) is 6.94. The van der Waals surface area contributed by atoms with Gasteiger partial charge in [-0.25, -0.2) is 4.39 Å². The number of nitrogens with zero attached hydrogens (tertiary/aromatic N) is 2. The van der Waals surface area contributed by atoms with Crippen molar-refractivity contribution < 1.29 is 18.8 Å². The lowest BCUT2D eigenvalue weighted by atomic mass is 9.58. The summed E-state index contributed by atoms with van der Waals surface area (Å²) < 4.78 is 14.7. The van der Waals surface area contributed by atoms with Crippen molar-refractivity contribution in [2.75, 3.05) is 36.4 Å². The first kappa shape index (κ1) is 27.5. The van der Waals surface area contributed by atoms with Gasteiger partial charge >= 0.3 is 0 Å². The third-order valence-electron chi connectivity index (χ3n) is 8.73. The molecule has 2 N–H and O–H groups in total. The number of hydrogen-bond acceptors (Lipinski definition) is 4. The van der Waals surface area contributed by atoms with E-state index < -0.39 is 23.2 Å². The summed E-state index contributed by atoms with van der Waals surface area (Å²) in [7, 11) is 0. The van der Waals surface area contributed by atoms with Gasteiger partial charge < -0.3 is 20.4 Å². The molecule has 0 aliphatic carbocycles. The minimum atomic E-state index is -1.33. The van der Waals surface area contributed by atoms with E-state index in [0.29, 0.717) is 53.0 Å². The minimum Gasteiger partial charge on any atom is -0.368 e. The van der Waals surface area contributed by atoms with E-state index in [-0.39, 0.29) is 24.1 Å². The van der Waals surface area contributed by atoms with Gasteiger partial charge in [-0.05, 0) is 71.6 Å². The molecule has 7 nitrogen and oxygen atoms in total. The zero-order valence-corrected chi connectivity index (χ0v) is 24.2. The Morgan fingerprint density at radius 2 is 1.66 bits per heavy atom. The molecule has 3 atom stereocenters. The van der Waals surface area contributed by atoms with Crippen LogP contribution in [0.4, 0.5) is 15.8 Å². The smallest absolute Gasteiger partial charge is 0.238 e. The number of carbonyl (C=O) groups is 3. The minimum absolute atomic E-state index is 0.0150. The van der Waals surface area contributed by atoms with Crippen LogP contribution >= 0.6 is 23.2 Å². The molecule has 3 aromatic rings. The fourth-order valence-electron chi connectivity index (χ4n) is 6.80. The van der Waals surface area contributed by atoms with Gasteiger partial charge in [0.05, 0.1) is 6.04 Å². The molecule has 41 heavy (non-hydrogen) atoms. The van der Waals surface area contributed by atoms with E-state index >= 15 is 0 Å². The lowest BCUT2D eigenvalue weighted by Crippen LogP contribution is -2.57. The van der Waals surface area contributed by atoms with Crippen LogP contribution in [0.15, 0.2) is 54.6 Å². The molecule has 0 bridgehead atoms. The number of nitrogens with one attached hydrogen (secondary N) is 2. The van der Waals surface area contributed by atoms with Crippen molar-refractivity contribution >= 4 is 52.3 Å². The largest absolute Gasteiger partial charge is 0.368 e. The fourth-order valence-corrected chi connectivity index (χ4v) is 7.15. The second-order valence-electron chi connectivity index (χ2n) is 11.0. The van der Waals surface area contributed by atoms with Crippen LogP contribution < -0.4 is 15.5 Å². The summed E-state index contributed by atoms with van der Waals surface area (Å²) in [6, 6.07) is 14.3. The van der Waals surface area contributed by atoms with E-state index in [0.717, 1.165) is 16.8 Å². The zero-order valence-electron chi connectivity index (χ0n) is 22.6. The molecule has 3 aromatic carbocycles. The molecular formula is C31H29Cl2FN4O3. The molecule has 3 aliphatic rings. The van der Waals surface area contributed by atoms with Crippen LogP contribution in [0.1, 0.15) is 47.6 Å². The number of rotatable bonds is 3. The normalized spacial score (nSPS) is 23.8. The number of amides is 3. The Labute approximate surface area is 247 Å². The number of carbonyl (C=O) groups excluding carboxylic acids is 3. The number of anilines is 2. The molecule has 212 valence electrons. The Morgan fingerprint density at radius 3 is 2.39 bits per heavy atom. The van der Waals surface area contributed by atoms with Crippen molar-refractivity contribution in [3.8, 4) is 0 Å². The van der Waals surface area contributed by atoms with Gasteiger partial charge in [-0.1, -0.05) is 35.3 Å². The number of aryl methyl sites for hydroxylation is 1. The number of hydrogen-bond donors (Lipinski definition) is 2. The highest BCUT2D eigenvalue weighted by atomic mass is 35.5. The van der Waals surface area contributed by atoms with Gasteiger partial charge in [0.2, 0.25) is 17.7 Å². The SMILES string of the molecule is CC(=O)N1CCN(c2ccc(Cl)cc2[C@H]2CC(=O)N[C@@H](c3cc(F)ccc3C)[C@]23C(=O)Nc2cc(Cl)ccc23)CC1. The van der Waals surface area contributed by atoms with Crippen LogP contribution in [0.25, 0.3) is 0 Å². The molecule has 0 radical (unpaired) electrons. The first-order valence-corrected chi connectivity index (χ1v) is 14.3. The first-order valence-electron chi connectivity index (χ1n) is 13.6. The van der Waals surface area contributed by atoms with E-state index in [9.17, 15) is 18.8 Å². The lowest BCUT2D eigenvalue weighted by molar-refractivity contribution is -0.131. The summed E-state index contributed by atoms with van der Waals surface area (Å²) in [6.07, 6.45) is 0.0150. The number of halogens is 3. The van der Waals surface area contributed by atoms with Crippen LogP contribution in [0.5, 0.6) is 0 Å². The first-order chi connectivity index (χ1) is 19.6. The predicted octanol–water partition coefficient (Wildman–Crippen LogP) is 5.34. The molecule has 3 heterocycles. The van der Waals surface area contributed by atoms with Gasteiger partial charge in [0.1, 0.15) is 11.2 Å². The topological polar surface area (TPSA) is 81.8 Å². The van der Waals surface area contributed by atoms with E-state index in [1.54, 1.807) is 36.1 Å². The summed E-state index contributed by atoms with van der Waals surface area (Å²) in [5.41, 5.74) is 2.78. The van der Waals surface area contributed by atoms with Crippen molar-refractivity contribution in [2.24, 2.45) is 0 Å². The van der Waals surface area contributed by atoms with Crippen LogP contribution in [-0.2, 0) is 19.8 Å². The summed E-state index contributed by atoms with van der Waals surface area (Å²) in [5, 5.41) is 7.01. The van der Waals surface area contributed by atoms with Crippen molar-refractivity contribution in [3.63, 3.8) is 0 Å². The molecule has 3 amide bonds. The lowest BCUT2D eigenvalue weighted by Gasteiger charge is -2.48. The zero-order chi connectivity index (χ0) is 29.1. The third-order valence-corrected chi connectivity index (χ3v) is 9.20. The Bertz CT molecular complexity index is 1590. The summed E-state index contributed by atoms with van der Waals surface area (Å²) in [5.74, 6) is -1.64. The van der Waals surface area contributed by atoms with Crippen molar-refractivity contribution in [1.82, 2.24) is 10.2 Å². The second kappa shape index (κ2) is 10.3. The summed E-state index contributed by atoms with van der Waals surface area (Å²) in [4.78, 5) is 43.8. The fraction of sp³-hybridized carbons (Fsp3) is 0.323. The Morgan fingerprint density at radius 1 is 0.951 bits per heavy atom. The van der Waals surface area contributed by atoms with Crippen LogP contribution in [0.3, 0.4) is 0 Å². The maximum Gasteiger partial charge on any atom is 0.238 e. The maximum absolute atomic E-state index is 14.7. The summed E-state index contributed by atoms with van der Waals surface area (Å²) in [6.45, 7) is 5.69. The second-order valence-corrected chi connectivity index (χ2v) is 11.8. The average Bonchev–Trinajstić information content (AvgIpc) is 3.22. The molecule has 3 aliphatic heterocycles. The molecule has 2 fully saturated rings. The Hall–Kier alpha value is -3.62. The highest BCUT2D eigenvalue weighted by Gasteiger charge is 2.61. The monoisotopic (exact) mass is 594 g/mol.